The third-order valence-corrected chi connectivity index (χ3v) is 6.29. The van der Waals surface area contributed by atoms with E-state index in [1.165, 1.54) is 49.0 Å². The molecule has 0 spiro atoms. The van der Waals surface area contributed by atoms with Crippen LogP contribution in [0.1, 0.15) is 48.3 Å². The monoisotopic (exact) mass is 624 g/mol. The summed E-state index contributed by atoms with van der Waals surface area (Å²) in [5.74, 6) is 1.67. The smallest absolute Gasteiger partial charge is 0.119 e. The molecule has 4 rings (SSSR count). The Kier molecular flexibility index (Phi) is 9.80. The average molecular weight is 625 g/mol. The number of aryl methyl sites for hydroxylation is 1. The SMILES string of the molecule is Clc1ccc(C2CCN(CCCOc3ccc4c(c3)C[N-]CCC4)CC2)cc1.[Ac]. The Morgan fingerprint density at radius 2 is 1.83 bits per heavy atom. The van der Waals surface area contributed by atoms with Gasteiger partial charge in [0.2, 0.25) is 0 Å². The van der Waals surface area contributed by atoms with Crippen molar-refractivity contribution in [2.75, 3.05) is 32.8 Å². The fourth-order valence-electron chi connectivity index (χ4n) is 4.37. The second kappa shape index (κ2) is 12.1. The maximum absolute atomic E-state index is 6.02. The first kappa shape index (κ1) is 23.6. The molecule has 0 aliphatic carbocycles. The summed E-state index contributed by atoms with van der Waals surface area (Å²) in [6.45, 7) is 6.08. The van der Waals surface area contributed by atoms with Gasteiger partial charge in [0.15, 0.2) is 0 Å². The van der Waals surface area contributed by atoms with Crippen LogP contribution in [0, 0.1) is 44.1 Å². The summed E-state index contributed by atoms with van der Waals surface area (Å²) >= 11 is 6.01. The van der Waals surface area contributed by atoms with Crippen molar-refractivity contribution < 1.29 is 48.8 Å². The van der Waals surface area contributed by atoms with Gasteiger partial charge in [0.1, 0.15) is 5.75 Å². The normalized spacial score (nSPS) is 17.8. The molecule has 0 N–H and O–H groups in total. The van der Waals surface area contributed by atoms with Gasteiger partial charge in [-0.3, -0.25) is 0 Å². The molecular weight excluding hydrogens is 595 g/mol. The fourth-order valence-corrected chi connectivity index (χ4v) is 4.49. The van der Waals surface area contributed by atoms with E-state index in [9.17, 15) is 0 Å². The molecule has 2 heterocycles. The predicted octanol–water partition coefficient (Wildman–Crippen LogP) is 5.81. The molecule has 29 heavy (non-hydrogen) atoms. The number of rotatable bonds is 6. The van der Waals surface area contributed by atoms with Crippen LogP contribution in [-0.2, 0) is 13.0 Å². The Labute approximate surface area is 216 Å². The van der Waals surface area contributed by atoms with Crippen molar-refractivity contribution >= 4 is 11.6 Å². The van der Waals surface area contributed by atoms with Crippen molar-refractivity contribution in [2.45, 2.75) is 44.6 Å². The van der Waals surface area contributed by atoms with Crippen molar-refractivity contribution in [3.8, 4) is 5.75 Å². The largest absolute Gasteiger partial charge is 0.658 e. The summed E-state index contributed by atoms with van der Waals surface area (Å²) in [4.78, 5) is 2.58. The van der Waals surface area contributed by atoms with E-state index < -0.39 is 0 Å². The van der Waals surface area contributed by atoms with Crippen molar-refractivity contribution in [1.29, 1.82) is 0 Å². The first-order chi connectivity index (χ1) is 13.8. The quantitative estimate of drug-likeness (QED) is 0.380. The van der Waals surface area contributed by atoms with E-state index in [-0.39, 0.29) is 44.1 Å². The zero-order chi connectivity index (χ0) is 19.2. The van der Waals surface area contributed by atoms with Crippen LogP contribution in [0.4, 0.5) is 0 Å². The Bertz CT molecular complexity index is 760. The third kappa shape index (κ3) is 6.94. The molecule has 0 atom stereocenters. The molecule has 2 aromatic carbocycles. The van der Waals surface area contributed by atoms with E-state index in [1.807, 2.05) is 12.1 Å². The average Bonchev–Trinajstić information content (AvgIpc) is 2.97. The fraction of sp³-hybridized carbons (Fsp3) is 0.500. The van der Waals surface area contributed by atoms with Gasteiger partial charge in [0.25, 0.3) is 0 Å². The van der Waals surface area contributed by atoms with Crippen LogP contribution in [0.5, 0.6) is 5.75 Å². The zero-order valence-corrected chi connectivity index (χ0v) is 22.7. The Balaban J connectivity index is 0.00000240. The van der Waals surface area contributed by atoms with Gasteiger partial charge in [0, 0.05) is 55.6 Å². The summed E-state index contributed by atoms with van der Waals surface area (Å²) in [5.41, 5.74) is 4.22. The van der Waals surface area contributed by atoms with E-state index >= 15 is 0 Å². The van der Waals surface area contributed by atoms with Gasteiger partial charge < -0.3 is 15.0 Å². The van der Waals surface area contributed by atoms with E-state index in [0.717, 1.165) is 49.9 Å². The maximum Gasteiger partial charge on any atom is 0.119 e. The van der Waals surface area contributed by atoms with Gasteiger partial charge in [-0.25, -0.2) is 0 Å². The summed E-state index contributed by atoms with van der Waals surface area (Å²) in [6.07, 6.45) is 5.85. The number of nitrogens with zero attached hydrogens (tertiary/aromatic N) is 2. The molecular formula is C24H30AcClN2O-. The molecule has 2 aromatic rings. The van der Waals surface area contributed by atoms with E-state index in [0.29, 0.717) is 5.92 Å². The van der Waals surface area contributed by atoms with Crippen LogP contribution in [0.2, 0.25) is 5.02 Å². The molecule has 0 amide bonds. The second-order valence-corrected chi connectivity index (χ2v) is 8.45. The number of halogens is 1. The number of likely N-dealkylation sites (tertiary alicyclic amines) is 1. The Morgan fingerprint density at radius 1 is 1.03 bits per heavy atom. The summed E-state index contributed by atoms with van der Waals surface area (Å²) in [6, 6.07) is 14.9. The van der Waals surface area contributed by atoms with Gasteiger partial charge in [0.05, 0.1) is 6.61 Å². The predicted molar refractivity (Wildman–Crippen MR) is 117 cm³/mol. The number of ether oxygens (including phenoxy) is 1. The third-order valence-electron chi connectivity index (χ3n) is 6.04. The first-order valence-electron chi connectivity index (χ1n) is 10.6. The molecule has 0 aromatic heterocycles. The number of benzene rings is 2. The van der Waals surface area contributed by atoms with Gasteiger partial charge in [-0.15, -0.1) is 13.1 Å². The number of hydrogen-bond acceptors (Lipinski definition) is 2. The van der Waals surface area contributed by atoms with Crippen molar-refractivity contribution in [2.24, 2.45) is 0 Å². The summed E-state index contributed by atoms with van der Waals surface area (Å²) in [5, 5.41) is 5.40. The minimum atomic E-state index is 0. The van der Waals surface area contributed by atoms with Crippen molar-refractivity contribution in [1.82, 2.24) is 4.90 Å². The van der Waals surface area contributed by atoms with Crippen LogP contribution < -0.4 is 4.74 Å². The topological polar surface area (TPSA) is 26.6 Å². The van der Waals surface area contributed by atoms with E-state index in [1.54, 1.807) is 0 Å². The summed E-state index contributed by atoms with van der Waals surface area (Å²) in [7, 11) is 0. The second-order valence-electron chi connectivity index (χ2n) is 8.01. The molecule has 0 bridgehead atoms. The van der Waals surface area contributed by atoms with Gasteiger partial charge in [-0.2, -0.15) is 0 Å². The first-order valence-corrected chi connectivity index (χ1v) is 11.0. The molecule has 2 aliphatic rings. The van der Waals surface area contributed by atoms with Crippen LogP contribution in [0.15, 0.2) is 42.5 Å². The zero-order valence-electron chi connectivity index (χ0n) is 17.2. The van der Waals surface area contributed by atoms with Gasteiger partial charge >= 0.3 is 0 Å². The molecule has 1 saturated heterocycles. The molecule has 1 fully saturated rings. The number of fused-ring (bicyclic) bond motifs is 1. The Hall–Kier alpha value is -0.108. The molecule has 3 nitrogen and oxygen atoms in total. The number of piperidine rings is 1. The molecule has 0 unspecified atom stereocenters. The van der Waals surface area contributed by atoms with E-state index in [2.05, 4.69) is 40.5 Å². The Morgan fingerprint density at radius 3 is 2.62 bits per heavy atom. The van der Waals surface area contributed by atoms with Crippen molar-refractivity contribution in [3.63, 3.8) is 0 Å². The molecule has 153 valence electrons. The molecule has 2 aliphatic heterocycles. The number of hydrogen-bond donors (Lipinski definition) is 0. The molecule has 5 heteroatoms. The van der Waals surface area contributed by atoms with Crippen LogP contribution in [0.3, 0.4) is 0 Å². The molecule has 1 radical (unpaired) electrons. The van der Waals surface area contributed by atoms with Crippen LogP contribution in [0.25, 0.3) is 5.32 Å². The van der Waals surface area contributed by atoms with Crippen LogP contribution >= 0.6 is 11.6 Å². The standard InChI is InChI=1S/C24H30ClN2O.Ac/c25-23-7-4-20(5-8-23)21-10-14-27(15-11-21)13-2-16-28-24-9-6-19-3-1-12-26-18-22(19)17-24;/h4-9,17,21H,1-3,10-16,18H2;/q-1;. The van der Waals surface area contributed by atoms with Gasteiger partial charge in [-0.1, -0.05) is 41.8 Å². The van der Waals surface area contributed by atoms with Crippen molar-refractivity contribution in [3.05, 3.63) is 69.5 Å². The molecule has 0 saturated carbocycles. The van der Waals surface area contributed by atoms with E-state index in [4.69, 9.17) is 16.3 Å². The minimum absolute atomic E-state index is 0. The summed E-state index contributed by atoms with van der Waals surface area (Å²) < 4.78 is 6.02. The maximum atomic E-state index is 6.02. The van der Waals surface area contributed by atoms with Gasteiger partial charge in [-0.05, 0) is 80.1 Å². The minimum Gasteiger partial charge on any atom is -0.658 e. The van der Waals surface area contributed by atoms with Crippen LogP contribution in [-0.4, -0.2) is 37.7 Å².